The van der Waals surface area contributed by atoms with E-state index < -0.39 is 0 Å². The van der Waals surface area contributed by atoms with Crippen LogP contribution in [0.5, 0.6) is 0 Å². The van der Waals surface area contributed by atoms with Gasteiger partial charge in [-0.25, -0.2) is 0 Å². The molecule has 0 unspecified atom stereocenters. The molecule has 244 valence electrons. The van der Waals surface area contributed by atoms with Crippen molar-refractivity contribution in [2.45, 2.75) is 0 Å². The number of fused-ring (bicyclic) bond motifs is 9. The molecule has 0 saturated heterocycles. The number of hydrogen-bond acceptors (Lipinski definition) is 1. The minimum atomic E-state index is 1.24. The van der Waals surface area contributed by atoms with Crippen molar-refractivity contribution >= 4 is 96.1 Å². The molecule has 0 N–H and O–H groups in total. The van der Waals surface area contributed by atoms with Crippen molar-refractivity contribution in [2.75, 3.05) is 0 Å². The van der Waals surface area contributed by atoms with Crippen LogP contribution in [-0.2, 0) is 0 Å². The second kappa shape index (κ2) is 11.0. The average molecular weight is 687 g/mol. The molecule has 0 aliphatic carbocycles. The van der Waals surface area contributed by atoms with E-state index >= 15 is 0 Å². The van der Waals surface area contributed by atoms with E-state index in [9.17, 15) is 0 Å². The van der Waals surface area contributed by atoms with E-state index in [1.54, 1.807) is 0 Å². The molecule has 1 aromatic heterocycles. The first-order valence-electron chi connectivity index (χ1n) is 18.3. The molecule has 0 radical (unpaired) electrons. The molecule has 12 aromatic rings. The van der Waals surface area contributed by atoms with Crippen molar-refractivity contribution < 1.29 is 0 Å². The number of thiophene rings is 1. The summed E-state index contributed by atoms with van der Waals surface area (Å²) in [6, 6.07) is 67.9. The highest BCUT2D eigenvalue weighted by Gasteiger charge is 2.17. The molecule has 0 spiro atoms. The minimum absolute atomic E-state index is 1.24. The van der Waals surface area contributed by atoms with Crippen LogP contribution in [0, 0.1) is 0 Å². The van der Waals surface area contributed by atoms with Gasteiger partial charge in [0, 0.05) is 20.2 Å². The summed E-state index contributed by atoms with van der Waals surface area (Å²) < 4.78 is 2.66. The minimum Gasteiger partial charge on any atom is -0.135 e. The Labute approximate surface area is 310 Å². The molecule has 1 heterocycles. The normalized spacial score (nSPS) is 12.2. The first-order chi connectivity index (χ1) is 26.3. The first-order valence-corrected chi connectivity index (χ1v) is 19.1. The van der Waals surface area contributed by atoms with Gasteiger partial charge >= 0.3 is 0 Å². The van der Waals surface area contributed by atoms with Gasteiger partial charge in [-0.15, -0.1) is 11.3 Å². The average Bonchev–Trinajstić information content (AvgIpc) is 3.59. The van der Waals surface area contributed by atoms with Crippen LogP contribution in [-0.4, -0.2) is 0 Å². The van der Waals surface area contributed by atoms with Gasteiger partial charge in [0.1, 0.15) is 0 Å². The van der Waals surface area contributed by atoms with Crippen molar-refractivity contribution in [1.82, 2.24) is 0 Å². The summed E-state index contributed by atoms with van der Waals surface area (Å²) in [6.45, 7) is 0. The molecule has 53 heavy (non-hydrogen) atoms. The number of benzene rings is 11. The van der Waals surface area contributed by atoms with Crippen LogP contribution in [0.1, 0.15) is 0 Å². The summed E-state index contributed by atoms with van der Waals surface area (Å²) in [5.74, 6) is 0. The van der Waals surface area contributed by atoms with E-state index in [4.69, 9.17) is 0 Å². The van der Waals surface area contributed by atoms with E-state index in [-0.39, 0.29) is 0 Å². The van der Waals surface area contributed by atoms with Crippen molar-refractivity contribution in [2.24, 2.45) is 0 Å². The largest absolute Gasteiger partial charge is 0.135 e. The Morgan fingerprint density at radius 3 is 1.40 bits per heavy atom. The standard InChI is InChI=1S/C52H30S/c1-2-9-31(10-3-1)34-11-8-12-35(27-34)37-22-17-32-20-26-45-38(23-18-33-19-25-44(37)51(32)52(33)45)36-21-24-43-48-29-46-41-15-6-4-13-39(41)40-14-5-7-16-42(40)47(46)30-50(48)53-49(43)28-36/h1-30H. The van der Waals surface area contributed by atoms with Crippen LogP contribution in [0.4, 0.5) is 0 Å². The second-order valence-corrected chi connectivity index (χ2v) is 15.5. The molecule has 0 aliphatic rings. The summed E-state index contributed by atoms with van der Waals surface area (Å²) in [5.41, 5.74) is 7.54. The Hall–Kier alpha value is -6.54. The van der Waals surface area contributed by atoms with Crippen LogP contribution in [0.25, 0.3) is 118 Å². The first kappa shape index (κ1) is 29.1. The van der Waals surface area contributed by atoms with Gasteiger partial charge in [0.2, 0.25) is 0 Å². The Morgan fingerprint density at radius 1 is 0.245 bits per heavy atom. The molecule has 0 atom stereocenters. The predicted molar refractivity (Wildman–Crippen MR) is 232 cm³/mol. The summed E-state index contributed by atoms with van der Waals surface area (Å²) >= 11 is 1.91. The molecule has 0 fully saturated rings. The number of hydrogen-bond donors (Lipinski definition) is 0. The van der Waals surface area contributed by atoms with Crippen LogP contribution in [0.15, 0.2) is 182 Å². The smallest absolute Gasteiger partial charge is 0.0362 e. The highest BCUT2D eigenvalue weighted by molar-refractivity contribution is 7.26. The predicted octanol–water partition coefficient (Wildman–Crippen LogP) is 15.4. The van der Waals surface area contributed by atoms with Gasteiger partial charge < -0.3 is 0 Å². The fourth-order valence-corrected chi connectivity index (χ4v) is 10.3. The van der Waals surface area contributed by atoms with Crippen LogP contribution >= 0.6 is 11.3 Å². The summed E-state index contributed by atoms with van der Waals surface area (Å²) in [4.78, 5) is 0. The highest BCUT2D eigenvalue weighted by atomic mass is 32.1. The van der Waals surface area contributed by atoms with Gasteiger partial charge in [0.15, 0.2) is 0 Å². The van der Waals surface area contributed by atoms with E-state index in [1.165, 1.54) is 118 Å². The van der Waals surface area contributed by atoms with Crippen LogP contribution < -0.4 is 0 Å². The zero-order valence-electron chi connectivity index (χ0n) is 28.7. The van der Waals surface area contributed by atoms with Crippen molar-refractivity contribution in [3.05, 3.63) is 182 Å². The zero-order chi connectivity index (χ0) is 34.6. The van der Waals surface area contributed by atoms with Gasteiger partial charge in [-0.2, -0.15) is 0 Å². The molecule has 12 rings (SSSR count). The van der Waals surface area contributed by atoms with Gasteiger partial charge in [-0.05, 0) is 122 Å². The van der Waals surface area contributed by atoms with E-state index in [0.717, 1.165) is 0 Å². The molecule has 0 nitrogen and oxygen atoms in total. The topological polar surface area (TPSA) is 0 Å². The Morgan fingerprint density at radius 2 is 0.736 bits per heavy atom. The maximum Gasteiger partial charge on any atom is 0.0362 e. The van der Waals surface area contributed by atoms with Crippen molar-refractivity contribution in [1.29, 1.82) is 0 Å². The van der Waals surface area contributed by atoms with E-state index in [0.29, 0.717) is 0 Å². The molecule has 0 bridgehead atoms. The third-order valence-electron chi connectivity index (χ3n) is 11.6. The lowest BCUT2D eigenvalue weighted by molar-refractivity contribution is 1.61. The fraction of sp³-hybridized carbons (Fsp3) is 0. The third kappa shape index (κ3) is 4.23. The summed E-state index contributed by atoms with van der Waals surface area (Å²) in [5, 5.41) is 18.5. The second-order valence-electron chi connectivity index (χ2n) is 14.4. The van der Waals surface area contributed by atoms with E-state index in [1.807, 2.05) is 11.3 Å². The lowest BCUT2D eigenvalue weighted by atomic mass is 9.87. The monoisotopic (exact) mass is 686 g/mol. The Balaban J connectivity index is 1.05. The summed E-state index contributed by atoms with van der Waals surface area (Å²) in [6.07, 6.45) is 0. The Kier molecular flexibility index (Phi) is 6.03. The lowest BCUT2D eigenvalue weighted by Gasteiger charge is -2.17. The van der Waals surface area contributed by atoms with Crippen LogP contribution in [0.3, 0.4) is 0 Å². The van der Waals surface area contributed by atoms with Gasteiger partial charge in [-0.3, -0.25) is 0 Å². The molecular formula is C52H30S. The summed E-state index contributed by atoms with van der Waals surface area (Å²) in [7, 11) is 0. The molecular weight excluding hydrogens is 657 g/mol. The van der Waals surface area contributed by atoms with Crippen molar-refractivity contribution in [3.8, 4) is 33.4 Å². The Bertz CT molecular complexity index is 3440. The quantitative estimate of drug-likeness (QED) is 0.162. The fourth-order valence-electron chi connectivity index (χ4n) is 9.14. The molecule has 0 aliphatic heterocycles. The molecule has 1 heteroatoms. The molecule has 0 amide bonds. The SMILES string of the molecule is c1ccc(-c2cccc(-c3ccc4ccc5c(-c6ccc7c(c6)sc6cc8c9ccccc9c9ccccc9c8cc67)ccc6ccc3c4c65)c2)cc1. The zero-order valence-corrected chi connectivity index (χ0v) is 29.5. The van der Waals surface area contributed by atoms with Gasteiger partial charge in [0.05, 0.1) is 0 Å². The van der Waals surface area contributed by atoms with Gasteiger partial charge in [0.25, 0.3) is 0 Å². The lowest BCUT2D eigenvalue weighted by Crippen LogP contribution is -1.89. The highest BCUT2D eigenvalue weighted by Crippen LogP contribution is 2.46. The van der Waals surface area contributed by atoms with Crippen molar-refractivity contribution in [3.63, 3.8) is 0 Å². The maximum atomic E-state index is 2.45. The van der Waals surface area contributed by atoms with Gasteiger partial charge in [-0.1, -0.05) is 158 Å². The molecule has 0 saturated carbocycles. The molecule has 11 aromatic carbocycles. The van der Waals surface area contributed by atoms with Crippen LogP contribution in [0.2, 0.25) is 0 Å². The van der Waals surface area contributed by atoms with E-state index in [2.05, 4.69) is 182 Å². The third-order valence-corrected chi connectivity index (χ3v) is 12.7. The number of rotatable bonds is 3. The maximum absolute atomic E-state index is 2.45.